The van der Waals surface area contributed by atoms with Crippen LogP contribution in [0.3, 0.4) is 0 Å². The average molecular weight is 624 g/mol. The zero-order chi connectivity index (χ0) is 31.6. The lowest BCUT2D eigenvalue weighted by Crippen LogP contribution is -2.56. The zero-order valence-corrected chi connectivity index (χ0v) is 25.3. The Kier molecular flexibility index (Phi) is 8.95. The Morgan fingerprint density at radius 3 is 2.56 bits per heavy atom. The first-order valence-electron chi connectivity index (χ1n) is 16.1. The van der Waals surface area contributed by atoms with Crippen molar-refractivity contribution in [3.8, 4) is 0 Å². The molecular formula is C32H41N5O8. The van der Waals surface area contributed by atoms with Crippen molar-refractivity contribution in [1.82, 2.24) is 25.4 Å². The summed E-state index contributed by atoms with van der Waals surface area (Å²) in [4.78, 5) is 73.2. The standard InChI is InChI=1S/C32H41N5O8/c38-27-26-14-24(45-31(43)36-17-20-12-13-33-16-21(20)18-36)19-37(26)28(39)25(34-30(42)44-23-9-6-7-10-23)11-5-3-1-2-4-8-22-15-32(22,35-27)29(40)41/h4,8,12-13,16,22-26H,1-3,5-7,9-11,14-15,17-19H2,(H,34,42)(H,35,38)(H,40,41)/b8-4-/t22-,24+,25-,26-,32-/m0/s1. The first kappa shape index (κ1) is 30.8. The lowest BCUT2D eigenvalue weighted by molar-refractivity contribution is -0.145. The van der Waals surface area contributed by atoms with Gasteiger partial charge in [-0.15, -0.1) is 0 Å². The molecule has 0 radical (unpaired) electrons. The van der Waals surface area contributed by atoms with Crippen LogP contribution in [0.15, 0.2) is 30.6 Å². The number of allylic oxidation sites excluding steroid dienone is 1. The number of ether oxygens (including phenoxy) is 2. The molecule has 0 aromatic carbocycles. The number of carboxylic acid groups (broad SMARTS) is 1. The summed E-state index contributed by atoms with van der Waals surface area (Å²) in [7, 11) is 0. The van der Waals surface area contributed by atoms with Gasteiger partial charge in [0.25, 0.3) is 0 Å². The first-order chi connectivity index (χ1) is 21.7. The van der Waals surface area contributed by atoms with Crippen molar-refractivity contribution in [3.05, 3.63) is 41.7 Å². The number of carboxylic acids is 1. The van der Waals surface area contributed by atoms with Crippen LogP contribution < -0.4 is 10.6 Å². The van der Waals surface area contributed by atoms with Crippen molar-refractivity contribution < 1.29 is 38.6 Å². The number of pyridine rings is 1. The molecule has 2 aliphatic carbocycles. The van der Waals surface area contributed by atoms with E-state index in [-0.39, 0.29) is 31.4 Å². The van der Waals surface area contributed by atoms with Crippen LogP contribution in [0.5, 0.6) is 0 Å². The maximum atomic E-state index is 14.1. The topological polar surface area (TPSA) is 167 Å². The highest BCUT2D eigenvalue weighted by Crippen LogP contribution is 2.45. The Morgan fingerprint density at radius 1 is 1.00 bits per heavy atom. The fourth-order valence-corrected chi connectivity index (χ4v) is 7.05. The Hall–Kier alpha value is -4.16. The highest BCUT2D eigenvalue weighted by molar-refractivity contribution is 5.96. The second-order valence-corrected chi connectivity index (χ2v) is 12.9. The molecule has 3 aliphatic heterocycles. The number of fused-ring (bicyclic) bond motifs is 3. The SMILES string of the molecule is O=C(N[C@H]1CCCCC/C=C\[C@H]2C[C@]2(C(=O)O)NC(=O)[C@@H]2C[C@@H](OC(=O)N3Cc4ccncc4C3)CN2C1=O)OC1CCCC1. The summed E-state index contributed by atoms with van der Waals surface area (Å²) in [6.07, 6.45) is 12.1. The molecule has 0 bridgehead atoms. The third kappa shape index (κ3) is 6.76. The van der Waals surface area contributed by atoms with Gasteiger partial charge >= 0.3 is 18.2 Å². The van der Waals surface area contributed by atoms with Gasteiger partial charge in [-0.25, -0.2) is 14.4 Å². The smallest absolute Gasteiger partial charge is 0.410 e. The van der Waals surface area contributed by atoms with Crippen molar-refractivity contribution in [2.45, 2.75) is 114 Å². The van der Waals surface area contributed by atoms with Crippen LogP contribution in [0, 0.1) is 5.92 Å². The number of carbonyl (C=O) groups excluding carboxylic acids is 4. The van der Waals surface area contributed by atoms with Gasteiger partial charge < -0.3 is 30.1 Å². The van der Waals surface area contributed by atoms with Gasteiger partial charge in [0.15, 0.2) is 0 Å². The lowest BCUT2D eigenvalue weighted by Gasteiger charge is -2.29. The van der Waals surface area contributed by atoms with Crippen LogP contribution in [0.1, 0.15) is 81.8 Å². The molecule has 242 valence electrons. The number of rotatable bonds is 4. The van der Waals surface area contributed by atoms with Gasteiger partial charge in [-0.3, -0.25) is 19.5 Å². The number of alkyl carbamates (subject to hydrolysis) is 1. The summed E-state index contributed by atoms with van der Waals surface area (Å²) in [6, 6.07) is -0.189. The number of nitrogens with zero attached hydrogens (tertiary/aromatic N) is 3. The van der Waals surface area contributed by atoms with E-state index in [9.17, 15) is 29.1 Å². The van der Waals surface area contributed by atoms with Crippen molar-refractivity contribution in [2.24, 2.45) is 5.92 Å². The third-order valence-electron chi connectivity index (χ3n) is 9.74. The van der Waals surface area contributed by atoms with Gasteiger partial charge in [-0.1, -0.05) is 25.0 Å². The summed E-state index contributed by atoms with van der Waals surface area (Å²) in [6.45, 7) is 0.637. The molecule has 5 atom stereocenters. The minimum absolute atomic E-state index is 0.00109. The van der Waals surface area contributed by atoms with E-state index in [1.807, 2.05) is 18.2 Å². The van der Waals surface area contributed by atoms with Crippen LogP contribution >= 0.6 is 0 Å². The second-order valence-electron chi connectivity index (χ2n) is 12.9. The van der Waals surface area contributed by atoms with Gasteiger partial charge in [-0.05, 0) is 68.6 Å². The lowest BCUT2D eigenvalue weighted by atomic mass is 10.0. The number of carbonyl (C=O) groups is 5. The number of aromatic nitrogens is 1. The van der Waals surface area contributed by atoms with Gasteiger partial charge in [-0.2, -0.15) is 0 Å². The van der Waals surface area contributed by atoms with E-state index in [2.05, 4.69) is 15.6 Å². The largest absolute Gasteiger partial charge is 0.479 e. The quantitative estimate of drug-likeness (QED) is 0.427. The molecular weight excluding hydrogens is 582 g/mol. The number of aliphatic carboxylic acids is 1. The highest BCUT2D eigenvalue weighted by Gasteiger charge is 2.61. The highest BCUT2D eigenvalue weighted by atomic mass is 16.6. The molecule has 1 aromatic rings. The van der Waals surface area contributed by atoms with Gasteiger partial charge in [0.1, 0.15) is 29.8 Å². The molecule has 1 saturated heterocycles. The molecule has 4 heterocycles. The minimum Gasteiger partial charge on any atom is -0.479 e. The molecule has 13 nitrogen and oxygen atoms in total. The van der Waals surface area contributed by atoms with Crippen LogP contribution in [0.25, 0.3) is 0 Å². The first-order valence-corrected chi connectivity index (χ1v) is 16.1. The van der Waals surface area contributed by atoms with E-state index < -0.39 is 53.7 Å². The summed E-state index contributed by atoms with van der Waals surface area (Å²) < 4.78 is 11.4. The Bertz CT molecular complexity index is 1340. The molecule has 6 rings (SSSR count). The molecule has 45 heavy (non-hydrogen) atoms. The predicted molar refractivity (Wildman–Crippen MR) is 158 cm³/mol. The maximum Gasteiger partial charge on any atom is 0.410 e. The molecule has 1 aromatic heterocycles. The summed E-state index contributed by atoms with van der Waals surface area (Å²) in [5, 5.41) is 15.5. The average Bonchev–Trinajstić information content (AvgIpc) is 3.43. The normalized spacial score (nSPS) is 31.0. The van der Waals surface area contributed by atoms with E-state index in [0.717, 1.165) is 56.1 Å². The minimum atomic E-state index is -1.45. The van der Waals surface area contributed by atoms with Crippen LogP contribution in [-0.2, 0) is 36.9 Å². The summed E-state index contributed by atoms with van der Waals surface area (Å²) in [5.41, 5.74) is 0.449. The van der Waals surface area contributed by atoms with Crippen molar-refractivity contribution in [1.29, 1.82) is 0 Å². The molecule has 5 aliphatic rings. The van der Waals surface area contributed by atoms with Gasteiger partial charge in [0.05, 0.1) is 13.1 Å². The van der Waals surface area contributed by atoms with Crippen molar-refractivity contribution >= 4 is 30.0 Å². The Balaban J connectivity index is 1.20. The van der Waals surface area contributed by atoms with Gasteiger partial charge in [0, 0.05) is 31.3 Å². The van der Waals surface area contributed by atoms with Crippen molar-refractivity contribution in [2.75, 3.05) is 6.54 Å². The monoisotopic (exact) mass is 623 g/mol. The molecule has 2 saturated carbocycles. The van der Waals surface area contributed by atoms with Crippen molar-refractivity contribution in [3.63, 3.8) is 0 Å². The van der Waals surface area contributed by atoms with Gasteiger partial charge in [0.2, 0.25) is 11.8 Å². The zero-order valence-electron chi connectivity index (χ0n) is 25.3. The van der Waals surface area contributed by atoms with E-state index >= 15 is 0 Å². The number of hydrogen-bond donors (Lipinski definition) is 3. The molecule has 4 amide bonds. The molecule has 3 N–H and O–H groups in total. The Labute approximate surface area is 261 Å². The van der Waals surface area contributed by atoms with Crippen LogP contribution in [0.2, 0.25) is 0 Å². The number of amides is 4. The number of hydrogen-bond acceptors (Lipinski definition) is 8. The fraction of sp³-hybridized carbons (Fsp3) is 0.625. The number of nitrogens with one attached hydrogen (secondary N) is 2. The fourth-order valence-electron chi connectivity index (χ4n) is 7.05. The predicted octanol–water partition coefficient (Wildman–Crippen LogP) is 3.02. The van der Waals surface area contributed by atoms with E-state index in [4.69, 9.17) is 9.47 Å². The molecule has 13 heteroatoms. The second kappa shape index (κ2) is 13.1. The van der Waals surface area contributed by atoms with Crippen LogP contribution in [-0.4, -0.2) is 86.2 Å². The maximum absolute atomic E-state index is 14.1. The third-order valence-corrected chi connectivity index (χ3v) is 9.74. The van der Waals surface area contributed by atoms with E-state index in [0.29, 0.717) is 25.9 Å². The molecule has 3 fully saturated rings. The molecule has 0 unspecified atom stereocenters. The van der Waals surface area contributed by atoms with E-state index in [1.54, 1.807) is 12.4 Å². The summed E-state index contributed by atoms with van der Waals surface area (Å²) >= 11 is 0. The summed E-state index contributed by atoms with van der Waals surface area (Å²) in [5.74, 6) is -2.59. The molecule has 0 spiro atoms. The Morgan fingerprint density at radius 2 is 1.78 bits per heavy atom. The van der Waals surface area contributed by atoms with Crippen LogP contribution in [0.4, 0.5) is 9.59 Å². The van der Waals surface area contributed by atoms with E-state index in [1.165, 1.54) is 9.80 Å².